The first-order valence-corrected chi connectivity index (χ1v) is 8.40. The monoisotopic (exact) mass is 383 g/mol. The van der Waals surface area contributed by atoms with Gasteiger partial charge in [-0.15, -0.1) is 11.3 Å². The Morgan fingerprint density at radius 3 is 3.00 bits per heavy atom. The number of hydrazone groups is 1. The van der Waals surface area contributed by atoms with E-state index in [1.165, 1.54) is 17.6 Å². The maximum Gasteiger partial charge on any atom is 0.281 e. The van der Waals surface area contributed by atoms with Crippen molar-refractivity contribution in [3.05, 3.63) is 38.7 Å². The van der Waals surface area contributed by atoms with Gasteiger partial charge in [0.1, 0.15) is 0 Å². The van der Waals surface area contributed by atoms with Crippen LogP contribution >= 0.6 is 27.3 Å². The fourth-order valence-corrected chi connectivity index (χ4v) is 3.21. The van der Waals surface area contributed by atoms with Crippen molar-refractivity contribution in [2.45, 2.75) is 0 Å². The maximum atomic E-state index is 11.7. The quantitative estimate of drug-likeness (QED) is 0.650. The highest BCUT2D eigenvalue weighted by molar-refractivity contribution is 9.10. The lowest BCUT2D eigenvalue weighted by Gasteiger charge is -2.26. The predicted molar refractivity (Wildman–Crippen MR) is 88.8 cm³/mol. The van der Waals surface area contributed by atoms with Gasteiger partial charge in [0.05, 0.1) is 28.8 Å². The molecule has 0 unspecified atom stereocenters. The van der Waals surface area contributed by atoms with Crippen molar-refractivity contribution in [1.29, 1.82) is 0 Å². The van der Waals surface area contributed by atoms with E-state index in [2.05, 4.69) is 31.4 Å². The Morgan fingerprint density at radius 1 is 1.45 bits per heavy atom. The molecule has 3 rings (SSSR count). The van der Waals surface area contributed by atoms with Crippen LogP contribution in [0.5, 0.6) is 0 Å². The molecule has 8 heteroatoms. The van der Waals surface area contributed by atoms with Gasteiger partial charge in [-0.25, -0.2) is 5.43 Å². The Kier molecular flexibility index (Phi) is 4.91. The highest BCUT2D eigenvalue weighted by Gasteiger charge is 2.18. The maximum absolute atomic E-state index is 11.7. The Bertz CT molecular complexity index is 663. The number of halogens is 1. The van der Waals surface area contributed by atoms with Gasteiger partial charge in [0.15, 0.2) is 5.76 Å². The number of thiophene rings is 1. The van der Waals surface area contributed by atoms with Crippen LogP contribution in [0, 0.1) is 0 Å². The highest BCUT2D eigenvalue weighted by Crippen LogP contribution is 2.30. The number of carbonyl (C=O) groups excluding carboxylic acids is 1. The van der Waals surface area contributed by atoms with Crippen molar-refractivity contribution in [1.82, 2.24) is 5.43 Å². The van der Waals surface area contributed by atoms with Gasteiger partial charge in [-0.05, 0) is 27.4 Å². The predicted octanol–water partition coefficient (Wildman–Crippen LogP) is 2.70. The Balaban J connectivity index is 1.63. The number of hydrogen-bond acceptors (Lipinski definition) is 6. The molecule has 0 aromatic carbocycles. The lowest BCUT2D eigenvalue weighted by atomic mass is 10.4. The molecule has 2 aromatic rings. The molecule has 1 fully saturated rings. The summed E-state index contributed by atoms with van der Waals surface area (Å²) in [6.07, 6.45) is 1.49. The number of hydrogen-bond donors (Lipinski definition) is 1. The number of furan rings is 1. The van der Waals surface area contributed by atoms with Crippen molar-refractivity contribution in [3.63, 3.8) is 0 Å². The second-order valence-electron chi connectivity index (χ2n) is 4.58. The van der Waals surface area contributed by atoms with Crippen molar-refractivity contribution in [2.24, 2.45) is 5.10 Å². The average Bonchev–Trinajstić information content (AvgIpc) is 3.18. The molecular formula is C14H14BrN3O3S. The zero-order valence-corrected chi connectivity index (χ0v) is 14.0. The molecule has 0 bridgehead atoms. The van der Waals surface area contributed by atoms with Crippen LogP contribution in [-0.4, -0.2) is 38.4 Å². The van der Waals surface area contributed by atoms with Gasteiger partial charge in [0.25, 0.3) is 5.91 Å². The van der Waals surface area contributed by atoms with Gasteiger partial charge in [-0.3, -0.25) is 4.79 Å². The van der Waals surface area contributed by atoms with E-state index in [1.807, 2.05) is 17.5 Å². The topological polar surface area (TPSA) is 67.1 Å². The first kappa shape index (κ1) is 15.3. The van der Waals surface area contributed by atoms with Crippen LogP contribution in [0.4, 0.5) is 5.88 Å². The standard InChI is InChI=1S/C14H14BrN3O3S/c15-11-8-10(21-14(11)18-3-5-20-6-4-18)9-16-17-13(19)12-2-1-7-22-12/h1-2,7-9H,3-6H2,(H,17,19)/b16-9+. The largest absolute Gasteiger partial charge is 0.438 e. The second kappa shape index (κ2) is 7.08. The Hall–Kier alpha value is -1.64. The molecule has 0 radical (unpaired) electrons. The molecule has 1 aliphatic heterocycles. The van der Waals surface area contributed by atoms with Crippen LogP contribution in [0.25, 0.3) is 0 Å². The lowest BCUT2D eigenvalue weighted by Crippen LogP contribution is -2.36. The summed E-state index contributed by atoms with van der Waals surface area (Å²) in [4.78, 5) is 14.5. The van der Waals surface area contributed by atoms with E-state index >= 15 is 0 Å². The molecule has 0 aliphatic carbocycles. The molecule has 116 valence electrons. The number of nitrogens with zero attached hydrogens (tertiary/aromatic N) is 2. The third-order valence-corrected chi connectivity index (χ3v) is 4.53. The van der Waals surface area contributed by atoms with Crippen molar-refractivity contribution in [2.75, 3.05) is 31.2 Å². The molecule has 0 atom stereocenters. The van der Waals surface area contributed by atoms with Crippen LogP contribution < -0.4 is 10.3 Å². The summed E-state index contributed by atoms with van der Waals surface area (Å²) in [6.45, 7) is 2.95. The molecule has 3 heterocycles. The first-order chi connectivity index (χ1) is 10.7. The minimum absolute atomic E-state index is 0.231. The number of anilines is 1. The minimum Gasteiger partial charge on any atom is -0.438 e. The minimum atomic E-state index is -0.231. The van der Waals surface area contributed by atoms with Crippen molar-refractivity contribution >= 4 is 45.3 Å². The number of ether oxygens (including phenoxy) is 1. The van der Waals surface area contributed by atoms with Crippen molar-refractivity contribution < 1.29 is 13.9 Å². The second-order valence-corrected chi connectivity index (χ2v) is 6.38. The Labute approximate surface area is 139 Å². The number of carbonyl (C=O) groups is 1. The Morgan fingerprint density at radius 2 is 2.27 bits per heavy atom. The van der Waals surface area contributed by atoms with Gasteiger partial charge in [-0.2, -0.15) is 5.10 Å². The molecular weight excluding hydrogens is 370 g/mol. The fraction of sp³-hybridized carbons (Fsp3) is 0.286. The zero-order chi connectivity index (χ0) is 15.4. The highest BCUT2D eigenvalue weighted by atomic mass is 79.9. The van der Waals surface area contributed by atoms with Crippen molar-refractivity contribution in [3.8, 4) is 0 Å². The van der Waals surface area contributed by atoms with E-state index in [1.54, 1.807) is 6.07 Å². The van der Waals surface area contributed by atoms with Gasteiger partial charge in [0, 0.05) is 19.2 Å². The number of nitrogens with one attached hydrogen (secondary N) is 1. The van der Waals surface area contributed by atoms with Gasteiger partial charge < -0.3 is 14.1 Å². The van der Waals surface area contributed by atoms with E-state index in [4.69, 9.17) is 9.15 Å². The van der Waals surface area contributed by atoms with E-state index in [0.29, 0.717) is 23.9 Å². The molecule has 1 amide bonds. The third kappa shape index (κ3) is 3.57. The SMILES string of the molecule is O=C(N/N=C/c1cc(Br)c(N2CCOCC2)o1)c1cccs1. The molecule has 1 N–H and O–H groups in total. The molecule has 0 saturated carbocycles. The fourth-order valence-electron chi connectivity index (χ4n) is 2.04. The zero-order valence-electron chi connectivity index (χ0n) is 11.6. The third-order valence-electron chi connectivity index (χ3n) is 3.09. The van der Waals surface area contributed by atoms with E-state index in [-0.39, 0.29) is 5.91 Å². The molecule has 6 nitrogen and oxygen atoms in total. The molecule has 0 spiro atoms. The van der Waals surface area contributed by atoms with E-state index < -0.39 is 0 Å². The molecule has 1 saturated heterocycles. The van der Waals surface area contributed by atoms with Gasteiger partial charge >= 0.3 is 0 Å². The summed E-state index contributed by atoms with van der Waals surface area (Å²) >= 11 is 4.85. The molecule has 22 heavy (non-hydrogen) atoms. The summed E-state index contributed by atoms with van der Waals surface area (Å²) in [5.74, 6) is 1.10. The van der Waals surface area contributed by atoms with Crippen LogP contribution in [0.3, 0.4) is 0 Å². The molecule has 2 aromatic heterocycles. The summed E-state index contributed by atoms with van der Waals surface area (Å²) < 4.78 is 11.9. The number of amides is 1. The number of morpholine rings is 1. The van der Waals surface area contributed by atoms with Crippen LogP contribution in [-0.2, 0) is 4.74 Å². The van der Waals surface area contributed by atoms with E-state index in [9.17, 15) is 4.79 Å². The smallest absolute Gasteiger partial charge is 0.281 e. The summed E-state index contributed by atoms with van der Waals surface area (Å²) in [5, 5.41) is 5.77. The first-order valence-electron chi connectivity index (χ1n) is 6.73. The van der Waals surface area contributed by atoms with Crippen LogP contribution in [0.1, 0.15) is 15.4 Å². The summed E-state index contributed by atoms with van der Waals surface area (Å²) in [5.41, 5.74) is 2.47. The summed E-state index contributed by atoms with van der Waals surface area (Å²) in [6, 6.07) is 5.39. The van der Waals surface area contributed by atoms with Crippen LogP contribution in [0.2, 0.25) is 0 Å². The van der Waals surface area contributed by atoms with Gasteiger partial charge in [0.2, 0.25) is 5.88 Å². The van der Waals surface area contributed by atoms with Gasteiger partial charge in [-0.1, -0.05) is 6.07 Å². The average molecular weight is 384 g/mol. The normalized spacial score (nSPS) is 15.4. The summed E-state index contributed by atoms with van der Waals surface area (Å²) in [7, 11) is 0. The molecule has 1 aliphatic rings. The number of rotatable bonds is 4. The van der Waals surface area contributed by atoms with E-state index in [0.717, 1.165) is 23.4 Å². The lowest BCUT2D eigenvalue weighted by molar-refractivity contribution is 0.0959. The van der Waals surface area contributed by atoms with Crippen LogP contribution in [0.15, 0.2) is 37.6 Å².